The van der Waals surface area contributed by atoms with E-state index in [2.05, 4.69) is 19.1 Å². The van der Waals surface area contributed by atoms with Gasteiger partial charge in [0.25, 0.3) is 0 Å². The average molecular weight is 415 g/mol. The van der Waals surface area contributed by atoms with Crippen molar-refractivity contribution in [2.45, 2.75) is 51.4 Å². The van der Waals surface area contributed by atoms with Crippen LogP contribution in [0.1, 0.15) is 56.9 Å². The van der Waals surface area contributed by atoms with Gasteiger partial charge in [0.05, 0.1) is 7.11 Å². The molecular formula is C26H29F3O. The van der Waals surface area contributed by atoms with Crippen LogP contribution < -0.4 is 4.74 Å². The van der Waals surface area contributed by atoms with Gasteiger partial charge in [0.1, 0.15) is 11.6 Å². The third-order valence-electron chi connectivity index (χ3n) is 7.14. The number of allylic oxidation sites excluding steroid dienone is 2. The molecule has 30 heavy (non-hydrogen) atoms. The second kappa shape index (κ2) is 8.87. The molecule has 2 saturated carbocycles. The van der Waals surface area contributed by atoms with E-state index in [0.29, 0.717) is 29.1 Å². The highest BCUT2D eigenvalue weighted by Gasteiger charge is 2.36. The number of rotatable bonds is 4. The molecule has 2 aromatic rings. The summed E-state index contributed by atoms with van der Waals surface area (Å²) in [5.41, 5.74) is 0.445. The van der Waals surface area contributed by atoms with Crippen LogP contribution in [0, 0.1) is 35.2 Å². The van der Waals surface area contributed by atoms with Crippen LogP contribution in [0.2, 0.25) is 0 Å². The van der Waals surface area contributed by atoms with E-state index in [1.165, 1.54) is 38.2 Å². The Balaban J connectivity index is 1.55. The number of hydrogen-bond donors (Lipinski definition) is 0. The molecule has 0 aromatic heterocycles. The summed E-state index contributed by atoms with van der Waals surface area (Å²) in [6.07, 6.45) is 10.9. The van der Waals surface area contributed by atoms with Crippen LogP contribution >= 0.6 is 0 Å². The molecule has 160 valence electrons. The molecule has 2 aliphatic rings. The monoisotopic (exact) mass is 414 g/mol. The van der Waals surface area contributed by atoms with Crippen LogP contribution in [0.3, 0.4) is 0 Å². The summed E-state index contributed by atoms with van der Waals surface area (Å²) >= 11 is 0. The highest BCUT2D eigenvalue weighted by atomic mass is 19.2. The Hall–Kier alpha value is -2.23. The van der Waals surface area contributed by atoms with Crippen LogP contribution in [-0.2, 0) is 0 Å². The van der Waals surface area contributed by atoms with Crippen LogP contribution in [0.4, 0.5) is 13.2 Å². The van der Waals surface area contributed by atoms with Gasteiger partial charge in [0.15, 0.2) is 11.6 Å². The van der Waals surface area contributed by atoms with Gasteiger partial charge in [-0.1, -0.05) is 24.3 Å². The quantitative estimate of drug-likeness (QED) is 0.467. The van der Waals surface area contributed by atoms with Gasteiger partial charge in [-0.2, -0.15) is 0 Å². The van der Waals surface area contributed by atoms with Crippen LogP contribution in [0.15, 0.2) is 42.5 Å². The third-order valence-corrected chi connectivity index (χ3v) is 7.14. The van der Waals surface area contributed by atoms with Gasteiger partial charge in [-0.3, -0.25) is 0 Å². The molecule has 4 rings (SSSR count). The number of hydrogen-bond acceptors (Lipinski definition) is 1. The molecule has 4 heteroatoms. The lowest BCUT2D eigenvalue weighted by atomic mass is 9.64. The smallest absolute Gasteiger partial charge is 0.167 e. The van der Waals surface area contributed by atoms with E-state index in [-0.39, 0.29) is 17.0 Å². The number of methoxy groups -OCH3 is 1. The Morgan fingerprint density at radius 2 is 1.60 bits per heavy atom. The fourth-order valence-electron chi connectivity index (χ4n) is 5.58. The molecule has 0 saturated heterocycles. The molecule has 0 heterocycles. The summed E-state index contributed by atoms with van der Waals surface area (Å²) in [6, 6.07) is 7.35. The van der Waals surface area contributed by atoms with Crippen molar-refractivity contribution in [3.8, 4) is 16.9 Å². The number of ether oxygens (including phenoxy) is 1. The SMILES string of the molecule is C/C=C/C1CCC2CC(c3ccc(-c4ccc(OC)cc4F)c(F)c3F)CCC2C1. The first-order chi connectivity index (χ1) is 14.5. The lowest BCUT2D eigenvalue weighted by Crippen LogP contribution is -2.30. The fraction of sp³-hybridized carbons (Fsp3) is 0.462. The van der Waals surface area contributed by atoms with Crippen LogP contribution in [0.25, 0.3) is 11.1 Å². The van der Waals surface area contributed by atoms with Crippen LogP contribution in [-0.4, -0.2) is 7.11 Å². The highest BCUT2D eigenvalue weighted by molar-refractivity contribution is 5.66. The van der Waals surface area contributed by atoms with E-state index < -0.39 is 17.5 Å². The minimum Gasteiger partial charge on any atom is -0.497 e. The molecule has 2 fully saturated rings. The van der Waals surface area contributed by atoms with Gasteiger partial charge >= 0.3 is 0 Å². The van der Waals surface area contributed by atoms with Gasteiger partial charge < -0.3 is 4.74 Å². The summed E-state index contributed by atoms with van der Waals surface area (Å²) in [6.45, 7) is 2.07. The van der Waals surface area contributed by atoms with E-state index in [1.54, 1.807) is 12.1 Å². The van der Waals surface area contributed by atoms with Crippen molar-refractivity contribution in [1.29, 1.82) is 0 Å². The molecule has 4 unspecified atom stereocenters. The third kappa shape index (κ3) is 4.01. The van der Waals surface area contributed by atoms with Crippen molar-refractivity contribution in [2.75, 3.05) is 7.11 Å². The van der Waals surface area contributed by atoms with Gasteiger partial charge in [-0.25, -0.2) is 13.2 Å². The van der Waals surface area contributed by atoms with E-state index in [0.717, 1.165) is 25.7 Å². The van der Waals surface area contributed by atoms with Gasteiger partial charge in [0, 0.05) is 17.2 Å². The maximum absolute atomic E-state index is 15.1. The normalized spacial score (nSPS) is 26.6. The van der Waals surface area contributed by atoms with E-state index >= 15 is 4.39 Å². The molecule has 0 N–H and O–H groups in total. The van der Waals surface area contributed by atoms with Gasteiger partial charge in [-0.05, 0) is 86.8 Å². The Labute approximate surface area is 177 Å². The molecule has 4 atom stereocenters. The first-order valence-electron chi connectivity index (χ1n) is 11.0. The maximum atomic E-state index is 15.1. The number of benzene rings is 2. The topological polar surface area (TPSA) is 9.23 Å². The Bertz CT molecular complexity index is 936. The molecule has 0 bridgehead atoms. The van der Waals surface area contributed by atoms with Crippen molar-refractivity contribution in [1.82, 2.24) is 0 Å². The Morgan fingerprint density at radius 1 is 0.867 bits per heavy atom. The molecule has 0 radical (unpaired) electrons. The van der Waals surface area contributed by atoms with E-state index in [1.807, 2.05) is 0 Å². The zero-order valence-corrected chi connectivity index (χ0v) is 17.6. The predicted molar refractivity (Wildman–Crippen MR) is 114 cm³/mol. The van der Waals surface area contributed by atoms with Crippen molar-refractivity contribution in [3.63, 3.8) is 0 Å². The zero-order chi connectivity index (χ0) is 21.3. The predicted octanol–water partition coefficient (Wildman–Crippen LogP) is 7.66. The molecule has 0 spiro atoms. The summed E-state index contributed by atoms with van der Waals surface area (Å²) in [5, 5.41) is 0. The fourth-order valence-corrected chi connectivity index (χ4v) is 5.58. The minimum atomic E-state index is -0.963. The summed E-state index contributed by atoms with van der Waals surface area (Å²) in [5.74, 6) is -0.0876. The molecule has 1 nitrogen and oxygen atoms in total. The minimum absolute atomic E-state index is 0.0359. The van der Waals surface area contributed by atoms with Crippen LogP contribution in [0.5, 0.6) is 5.75 Å². The molecule has 0 amide bonds. The van der Waals surface area contributed by atoms with E-state index in [9.17, 15) is 8.78 Å². The van der Waals surface area contributed by atoms with Gasteiger partial charge in [0.2, 0.25) is 0 Å². The van der Waals surface area contributed by atoms with E-state index in [4.69, 9.17) is 4.74 Å². The lowest BCUT2D eigenvalue weighted by molar-refractivity contribution is 0.132. The molecule has 2 aliphatic carbocycles. The summed E-state index contributed by atoms with van der Waals surface area (Å²) < 4.78 is 49.4. The van der Waals surface area contributed by atoms with Gasteiger partial charge in [-0.15, -0.1) is 0 Å². The highest BCUT2D eigenvalue weighted by Crippen LogP contribution is 2.48. The molecule has 0 aliphatic heterocycles. The average Bonchev–Trinajstić information content (AvgIpc) is 2.76. The largest absolute Gasteiger partial charge is 0.497 e. The Kier molecular flexibility index (Phi) is 6.21. The number of fused-ring (bicyclic) bond motifs is 1. The van der Waals surface area contributed by atoms with Crippen molar-refractivity contribution in [3.05, 3.63) is 65.5 Å². The first kappa shape index (κ1) is 21.0. The lowest BCUT2D eigenvalue weighted by Gasteiger charge is -2.42. The second-order valence-corrected chi connectivity index (χ2v) is 8.81. The van der Waals surface area contributed by atoms with Crippen molar-refractivity contribution in [2.24, 2.45) is 17.8 Å². The summed E-state index contributed by atoms with van der Waals surface area (Å²) in [7, 11) is 1.44. The Morgan fingerprint density at radius 3 is 2.33 bits per heavy atom. The second-order valence-electron chi connectivity index (χ2n) is 8.81. The standard InChI is InChI=1S/C26H29F3O/c1-3-4-16-5-6-18-14-19(8-7-17(18)13-16)21-11-12-23(26(29)25(21)28)22-10-9-20(30-2)15-24(22)27/h3-4,9-12,15-19H,5-8,13-14H2,1-2H3/b4-3+. The summed E-state index contributed by atoms with van der Waals surface area (Å²) in [4.78, 5) is 0. The maximum Gasteiger partial charge on any atom is 0.167 e. The van der Waals surface area contributed by atoms with Crippen molar-refractivity contribution < 1.29 is 17.9 Å². The first-order valence-corrected chi connectivity index (χ1v) is 11.0. The molecular weight excluding hydrogens is 385 g/mol. The molecule has 2 aromatic carbocycles. The van der Waals surface area contributed by atoms with Crippen molar-refractivity contribution >= 4 is 0 Å². The zero-order valence-electron chi connectivity index (χ0n) is 17.6. The number of halogens is 3.